The number of ether oxygens (including phenoxy) is 10. The number of aliphatic hydroxyl groups is 12. The lowest BCUT2D eigenvalue weighted by Gasteiger charge is -2.75. The second kappa shape index (κ2) is 20.8. The lowest BCUT2D eigenvalue weighted by atomic mass is 9.30. The van der Waals surface area contributed by atoms with Crippen LogP contribution in [0.2, 0.25) is 0 Å². The van der Waals surface area contributed by atoms with Crippen LogP contribution in [0.1, 0.15) is 113 Å². The van der Waals surface area contributed by atoms with E-state index in [9.17, 15) is 66.1 Å². The molecule has 5 saturated carbocycles. The molecule has 442 valence electrons. The van der Waals surface area contributed by atoms with Crippen LogP contribution >= 0.6 is 0 Å². The van der Waals surface area contributed by atoms with Crippen molar-refractivity contribution < 1.29 is 113 Å². The molecule has 10 fully saturated rings. The SMILES string of the molecule is CC(=O)OC1CC(C)(C)CC2C13COC21CCC2C4(C)CCC(OC5OCC(OC6OC(CO)C(O)C(O)C6OC6OCC(O)C(O)C6O)C(O)C5OC5OC(CO)C(O)C(O)C5O)C(C)(C)C4CCC2(C)C1(C)CC3O. The Labute approximate surface area is 449 Å². The molecule has 0 aromatic carbocycles. The minimum absolute atomic E-state index is 0.00682. The molecule has 12 N–H and O–H groups in total. The molecule has 0 amide bonds. The van der Waals surface area contributed by atoms with Crippen LogP contribution in [0.5, 0.6) is 0 Å². The molecule has 5 saturated heterocycles. The second-order valence-electron chi connectivity index (χ2n) is 26.9. The summed E-state index contributed by atoms with van der Waals surface area (Å²) in [5.74, 6) is -0.0198. The van der Waals surface area contributed by atoms with Crippen molar-refractivity contribution in [2.45, 2.75) is 248 Å². The van der Waals surface area contributed by atoms with Crippen molar-refractivity contribution >= 4 is 5.97 Å². The minimum atomic E-state index is -1.89. The van der Waals surface area contributed by atoms with E-state index in [1.54, 1.807) is 0 Å². The van der Waals surface area contributed by atoms with E-state index in [0.29, 0.717) is 25.9 Å². The van der Waals surface area contributed by atoms with Crippen molar-refractivity contribution in [3.05, 3.63) is 0 Å². The normalized spacial score (nSPS) is 56.0. The van der Waals surface area contributed by atoms with Gasteiger partial charge < -0.3 is 109 Å². The standard InChI is InChI=1S/C54H88O23/c1-23(57)71-33-17-48(2,3)15-30-53(33)22-70-54(30)14-10-29-50(6)12-11-32(49(4,5)28(50)9-13-51(29,7)52(54,8)16-31(53)59)75-46-42(77-45-41(67)38(64)35(61)25(18-55)72-45)37(63)27(21-69-46)74-47-43(39(65)36(62)26(19-56)73-47)76-44-40(66)34(60)24(58)20-68-44/h24-47,55-56,58-67H,9-22H2,1-8H3. The second-order valence-corrected chi connectivity index (χ2v) is 26.9. The van der Waals surface area contributed by atoms with E-state index in [0.717, 1.165) is 38.5 Å². The van der Waals surface area contributed by atoms with Gasteiger partial charge in [-0.3, -0.25) is 4.79 Å². The lowest BCUT2D eigenvalue weighted by Crippen LogP contribution is -2.75. The Balaban J connectivity index is 0.903. The molecule has 1 spiro atoms. The predicted octanol–water partition coefficient (Wildman–Crippen LogP) is -1.53. The number of hydrogen-bond acceptors (Lipinski definition) is 23. The Bertz CT molecular complexity index is 2120. The van der Waals surface area contributed by atoms with Crippen LogP contribution in [0.3, 0.4) is 0 Å². The Hall–Kier alpha value is -1.37. The van der Waals surface area contributed by atoms with Crippen LogP contribution in [0.25, 0.3) is 0 Å². The van der Waals surface area contributed by atoms with E-state index in [-0.39, 0.29) is 40.0 Å². The third-order valence-electron chi connectivity index (χ3n) is 22.1. The molecule has 29 atom stereocenters. The quantitative estimate of drug-likeness (QED) is 0.0825. The zero-order valence-electron chi connectivity index (χ0n) is 45.6. The molecule has 10 rings (SSSR count). The molecule has 5 heterocycles. The van der Waals surface area contributed by atoms with Gasteiger partial charge in [0, 0.05) is 18.3 Å². The highest BCUT2D eigenvalue weighted by molar-refractivity contribution is 5.66. The number of carbonyl (C=O) groups is 1. The number of rotatable bonds is 11. The maximum Gasteiger partial charge on any atom is 0.302 e. The van der Waals surface area contributed by atoms with E-state index >= 15 is 0 Å². The van der Waals surface area contributed by atoms with Crippen LogP contribution in [-0.4, -0.2) is 235 Å². The van der Waals surface area contributed by atoms with Crippen LogP contribution < -0.4 is 0 Å². The van der Waals surface area contributed by atoms with Crippen molar-refractivity contribution in [3.63, 3.8) is 0 Å². The van der Waals surface area contributed by atoms with Gasteiger partial charge in [-0.15, -0.1) is 0 Å². The van der Waals surface area contributed by atoms with Gasteiger partial charge in [-0.2, -0.15) is 0 Å². The first kappa shape index (κ1) is 58.8. The fourth-order valence-electron chi connectivity index (χ4n) is 17.9. The minimum Gasteiger partial charge on any atom is -0.462 e. The predicted molar refractivity (Wildman–Crippen MR) is 261 cm³/mol. The van der Waals surface area contributed by atoms with Gasteiger partial charge in [0.1, 0.15) is 91.6 Å². The van der Waals surface area contributed by atoms with Gasteiger partial charge in [-0.1, -0.05) is 48.5 Å². The first-order valence-electron chi connectivity index (χ1n) is 28.1. The van der Waals surface area contributed by atoms with E-state index in [1.165, 1.54) is 6.92 Å². The smallest absolute Gasteiger partial charge is 0.302 e. The van der Waals surface area contributed by atoms with Crippen molar-refractivity contribution in [1.82, 2.24) is 0 Å². The highest BCUT2D eigenvalue weighted by Crippen LogP contribution is 2.81. The van der Waals surface area contributed by atoms with E-state index in [2.05, 4.69) is 48.5 Å². The molecule has 23 heteroatoms. The third kappa shape index (κ3) is 9.04. The summed E-state index contributed by atoms with van der Waals surface area (Å²) in [5.41, 5.74) is -2.77. The summed E-state index contributed by atoms with van der Waals surface area (Å²) >= 11 is 0. The third-order valence-corrected chi connectivity index (χ3v) is 22.1. The summed E-state index contributed by atoms with van der Waals surface area (Å²) in [6, 6.07) is 0. The van der Waals surface area contributed by atoms with Gasteiger partial charge in [0.25, 0.3) is 0 Å². The maximum absolute atomic E-state index is 12.6. The van der Waals surface area contributed by atoms with Crippen molar-refractivity contribution in [2.75, 3.05) is 33.0 Å². The van der Waals surface area contributed by atoms with Gasteiger partial charge in [0.2, 0.25) is 0 Å². The Morgan fingerprint density at radius 2 is 1.17 bits per heavy atom. The summed E-state index contributed by atoms with van der Waals surface area (Å²) in [6.07, 6.45) is -25.0. The molecule has 77 heavy (non-hydrogen) atoms. The fourth-order valence-corrected chi connectivity index (χ4v) is 17.9. The van der Waals surface area contributed by atoms with Gasteiger partial charge in [0.05, 0.1) is 56.3 Å². The molecular formula is C54H88O23. The zero-order chi connectivity index (χ0) is 55.9. The molecule has 10 aliphatic rings. The average Bonchev–Trinajstić information content (AvgIpc) is 3.66. The average molecular weight is 1110 g/mol. The van der Waals surface area contributed by atoms with Crippen LogP contribution in [0.4, 0.5) is 0 Å². The first-order chi connectivity index (χ1) is 36.1. The summed E-state index contributed by atoms with van der Waals surface area (Å²) in [4.78, 5) is 12.6. The summed E-state index contributed by atoms with van der Waals surface area (Å²) < 4.78 is 62.2. The van der Waals surface area contributed by atoms with Crippen LogP contribution in [0, 0.1) is 50.2 Å². The van der Waals surface area contributed by atoms with Gasteiger partial charge in [-0.25, -0.2) is 0 Å². The van der Waals surface area contributed by atoms with Crippen molar-refractivity contribution in [3.8, 4) is 0 Å². The molecule has 0 aromatic rings. The summed E-state index contributed by atoms with van der Waals surface area (Å²) in [5, 5.41) is 131. The van der Waals surface area contributed by atoms with E-state index in [1.807, 2.05) is 0 Å². The number of hydrogen-bond donors (Lipinski definition) is 12. The fraction of sp³-hybridized carbons (Fsp3) is 0.981. The molecular weight excluding hydrogens is 1020 g/mol. The molecule has 0 radical (unpaired) electrons. The van der Waals surface area contributed by atoms with Gasteiger partial charge in [0.15, 0.2) is 25.2 Å². The lowest BCUT2D eigenvalue weighted by molar-refractivity contribution is -0.392. The van der Waals surface area contributed by atoms with Crippen molar-refractivity contribution in [2.24, 2.45) is 50.2 Å². The number of esters is 1. The first-order valence-corrected chi connectivity index (χ1v) is 28.1. The van der Waals surface area contributed by atoms with Gasteiger partial charge in [-0.05, 0) is 91.3 Å². The zero-order valence-corrected chi connectivity index (χ0v) is 45.6. The highest BCUT2D eigenvalue weighted by Gasteiger charge is 2.82. The van der Waals surface area contributed by atoms with Crippen LogP contribution in [-0.2, 0) is 52.2 Å². The molecule has 23 nitrogen and oxygen atoms in total. The molecule has 5 aliphatic carbocycles. The maximum atomic E-state index is 12.6. The monoisotopic (exact) mass is 1100 g/mol. The van der Waals surface area contributed by atoms with E-state index < -0.39 is 177 Å². The Kier molecular flexibility index (Phi) is 15.9. The van der Waals surface area contributed by atoms with Crippen LogP contribution in [0.15, 0.2) is 0 Å². The summed E-state index contributed by atoms with van der Waals surface area (Å²) in [6.45, 7) is 15.3. The van der Waals surface area contributed by atoms with Gasteiger partial charge >= 0.3 is 5.97 Å². The summed E-state index contributed by atoms with van der Waals surface area (Å²) in [7, 11) is 0. The van der Waals surface area contributed by atoms with E-state index in [4.69, 9.17) is 47.4 Å². The number of fused-ring (bicyclic) bond motifs is 4. The number of carbonyl (C=O) groups excluding carboxylic acids is 1. The Morgan fingerprint density at radius 3 is 1.84 bits per heavy atom. The Morgan fingerprint density at radius 1 is 0.558 bits per heavy atom. The highest BCUT2D eigenvalue weighted by atomic mass is 16.8. The molecule has 2 bridgehead atoms. The topological polar surface area (TPSA) is 352 Å². The number of aliphatic hydroxyl groups excluding tert-OH is 12. The molecule has 0 aromatic heterocycles. The largest absolute Gasteiger partial charge is 0.462 e. The molecule has 29 unspecified atom stereocenters. The molecule has 5 aliphatic heterocycles. The van der Waals surface area contributed by atoms with Crippen molar-refractivity contribution in [1.29, 1.82) is 0 Å².